The van der Waals surface area contributed by atoms with E-state index in [0.29, 0.717) is 36.0 Å². The first-order valence-electron chi connectivity index (χ1n) is 18.6. The molecule has 0 saturated carbocycles. The van der Waals surface area contributed by atoms with E-state index < -0.39 is 11.2 Å². The smallest absolute Gasteiger partial charge is 0.251 e. The molecular weight excluding hydrogens is 671 g/mol. The highest BCUT2D eigenvalue weighted by molar-refractivity contribution is 7.90. The van der Waals surface area contributed by atoms with Crippen molar-refractivity contribution in [3.05, 3.63) is 107 Å². The number of hydrogen-bond donors (Lipinski definition) is 1. The van der Waals surface area contributed by atoms with Crippen LogP contribution in [0.1, 0.15) is 67.8 Å². The van der Waals surface area contributed by atoms with Crippen molar-refractivity contribution in [1.82, 2.24) is 4.98 Å². The van der Waals surface area contributed by atoms with Crippen molar-refractivity contribution in [1.29, 1.82) is 0 Å². The minimum Gasteiger partial charge on any atom is -0.611 e. The highest BCUT2D eigenvalue weighted by Gasteiger charge is 2.24. The fraction of sp³-hybridized carbons (Fsp3) is 0.395. The maximum Gasteiger partial charge on any atom is 0.251 e. The van der Waals surface area contributed by atoms with Gasteiger partial charge < -0.3 is 29.0 Å². The Labute approximate surface area is 311 Å². The lowest BCUT2D eigenvalue weighted by atomic mass is 9.96. The van der Waals surface area contributed by atoms with Crippen LogP contribution in [-0.2, 0) is 31.2 Å². The number of nitrogens with zero attached hydrogens (tertiary/aromatic N) is 2. The molecule has 3 aromatic carbocycles. The van der Waals surface area contributed by atoms with Gasteiger partial charge in [0.25, 0.3) is 5.91 Å². The van der Waals surface area contributed by atoms with E-state index in [4.69, 9.17) is 14.2 Å². The molecule has 1 amide bonds. The number of unbranched alkanes of at least 4 members (excludes halogenated alkanes) is 1. The Kier molecular flexibility index (Phi) is 13.4. The van der Waals surface area contributed by atoms with Gasteiger partial charge >= 0.3 is 0 Å². The van der Waals surface area contributed by atoms with E-state index in [1.165, 1.54) is 0 Å². The molecule has 6 rings (SSSR count). The van der Waals surface area contributed by atoms with E-state index >= 15 is 0 Å². The molecule has 1 unspecified atom stereocenters. The summed E-state index contributed by atoms with van der Waals surface area (Å²) < 4.78 is 30.7. The molecule has 4 aromatic rings. The fourth-order valence-corrected chi connectivity index (χ4v) is 7.88. The monoisotopic (exact) mass is 721 g/mol. The van der Waals surface area contributed by atoms with E-state index in [-0.39, 0.29) is 12.0 Å². The molecule has 1 aromatic heterocycles. The van der Waals surface area contributed by atoms with Crippen LogP contribution in [0, 0.1) is 13.8 Å². The summed E-state index contributed by atoms with van der Waals surface area (Å²) in [5.74, 6) is 1.09. The third-order valence-corrected chi connectivity index (χ3v) is 11.0. The second kappa shape index (κ2) is 18.6. The summed E-state index contributed by atoms with van der Waals surface area (Å²) in [5.41, 5.74) is 8.68. The van der Waals surface area contributed by atoms with Gasteiger partial charge in [0.05, 0.1) is 12.7 Å². The lowest BCUT2D eigenvalue weighted by Gasteiger charge is -2.31. The SMILES string of the molecule is CCCCOCCOc1ccc(-c2ccc3c(c2)/C=C(/C(=O)Nc2ccc([S+]([O-])Cc4cnc(C)cc4C)cc2)CCCN3C[C@@H]2CCCO2)cc1. The molecule has 9 heteroatoms. The summed E-state index contributed by atoms with van der Waals surface area (Å²) in [6.45, 7) is 10.5. The predicted molar refractivity (Wildman–Crippen MR) is 210 cm³/mol. The Morgan fingerprint density at radius 2 is 1.81 bits per heavy atom. The van der Waals surface area contributed by atoms with Gasteiger partial charge in [-0.1, -0.05) is 31.5 Å². The summed E-state index contributed by atoms with van der Waals surface area (Å²) in [6.07, 6.45) is 9.93. The molecule has 52 heavy (non-hydrogen) atoms. The van der Waals surface area contributed by atoms with Crippen LogP contribution in [0.4, 0.5) is 11.4 Å². The summed E-state index contributed by atoms with van der Waals surface area (Å²) in [4.78, 5) is 21.3. The lowest BCUT2D eigenvalue weighted by Crippen LogP contribution is -2.34. The van der Waals surface area contributed by atoms with Crippen molar-refractivity contribution in [2.45, 2.75) is 76.0 Å². The second-order valence-corrected chi connectivity index (χ2v) is 15.1. The standard InChI is InChI=1S/C43H51N3O5S/c1-4-5-21-49-23-24-51-39-15-10-33(11-16-39)34-12-19-42-36(26-34)27-35(8-6-20-46(42)29-40-9-7-22-50-40)43(47)45-38-13-17-41(18-14-38)52(48)30-37-28-44-32(3)25-31(37)2/h10-19,25-28,40H,4-9,20-24,29-30H2,1-3H3,(H,45,47)/b35-27+/t40-,52?/m0/s1. The zero-order valence-corrected chi connectivity index (χ0v) is 31.5. The Morgan fingerprint density at radius 3 is 2.56 bits per heavy atom. The van der Waals surface area contributed by atoms with Gasteiger partial charge in [-0.25, -0.2) is 0 Å². The highest BCUT2D eigenvalue weighted by Crippen LogP contribution is 2.34. The van der Waals surface area contributed by atoms with Gasteiger partial charge in [0, 0.05) is 60.7 Å². The van der Waals surface area contributed by atoms with Crippen molar-refractivity contribution >= 4 is 34.5 Å². The van der Waals surface area contributed by atoms with Crippen molar-refractivity contribution in [2.24, 2.45) is 0 Å². The van der Waals surface area contributed by atoms with Crippen LogP contribution in [0.5, 0.6) is 5.75 Å². The van der Waals surface area contributed by atoms with Gasteiger partial charge in [-0.2, -0.15) is 0 Å². The van der Waals surface area contributed by atoms with Crippen LogP contribution in [-0.4, -0.2) is 61.1 Å². The van der Waals surface area contributed by atoms with Gasteiger partial charge in [0.2, 0.25) is 0 Å². The normalized spacial score (nSPS) is 17.4. The average molecular weight is 722 g/mol. The van der Waals surface area contributed by atoms with Gasteiger partial charge in [-0.3, -0.25) is 9.78 Å². The summed E-state index contributed by atoms with van der Waals surface area (Å²) in [6, 6.07) is 24.0. The molecule has 3 heterocycles. The molecule has 2 aliphatic rings. The first-order valence-corrected chi connectivity index (χ1v) is 19.9. The number of amides is 1. The van der Waals surface area contributed by atoms with E-state index in [0.717, 1.165) is 109 Å². The van der Waals surface area contributed by atoms with E-state index in [1.54, 1.807) is 0 Å². The molecule has 8 nitrogen and oxygen atoms in total. The quantitative estimate of drug-likeness (QED) is 0.0970. The molecule has 2 aliphatic heterocycles. The largest absolute Gasteiger partial charge is 0.611 e. The maximum absolute atomic E-state index is 13.8. The number of carbonyl (C=O) groups excluding carboxylic acids is 1. The summed E-state index contributed by atoms with van der Waals surface area (Å²) in [7, 11) is 0. The van der Waals surface area contributed by atoms with Gasteiger partial charge in [-0.15, -0.1) is 0 Å². The third-order valence-electron chi connectivity index (χ3n) is 9.66. The Morgan fingerprint density at radius 1 is 1.00 bits per heavy atom. The van der Waals surface area contributed by atoms with E-state index in [9.17, 15) is 9.35 Å². The maximum atomic E-state index is 13.8. The summed E-state index contributed by atoms with van der Waals surface area (Å²) in [5, 5.41) is 3.10. The van der Waals surface area contributed by atoms with Gasteiger partial charge in [0.15, 0.2) is 4.90 Å². The molecule has 0 radical (unpaired) electrons. The van der Waals surface area contributed by atoms with Crippen LogP contribution < -0.4 is 15.0 Å². The first kappa shape index (κ1) is 37.6. The minimum absolute atomic E-state index is 0.126. The molecule has 0 bridgehead atoms. The summed E-state index contributed by atoms with van der Waals surface area (Å²) >= 11 is -1.22. The number of rotatable bonds is 15. The van der Waals surface area contributed by atoms with Crippen molar-refractivity contribution in [3.63, 3.8) is 0 Å². The lowest BCUT2D eigenvalue weighted by molar-refractivity contribution is -0.112. The Hall–Kier alpha value is -4.15. The van der Waals surface area contributed by atoms with Crippen molar-refractivity contribution in [3.8, 4) is 16.9 Å². The van der Waals surface area contributed by atoms with Gasteiger partial charge in [-0.05, 0) is 140 Å². The fourth-order valence-electron chi connectivity index (χ4n) is 6.69. The number of benzene rings is 3. The molecule has 2 atom stereocenters. The van der Waals surface area contributed by atoms with Crippen LogP contribution in [0.15, 0.2) is 89.5 Å². The van der Waals surface area contributed by atoms with Crippen LogP contribution in [0.3, 0.4) is 0 Å². The van der Waals surface area contributed by atoms with E-state index in [2.05, 4.69) is 52.5 Å². The third kappa shape index (κ3) is 10.3. The number of pyridine rings is 1. The molecule has 274 valence electrons. The molecule has 0 aliphatic carbocycles. The number of nitrogens with one attached hydrogen (secondary N) is 1. The van der Waals surface area contributed by atoms with Crippen LogP contribution >= 0.6 is 0 Å². The number of ether oxygens (including phenoxy) is 3. The molecular formula is C43H51N3O5S. The first-order chi connectivity index (χ1) is 25.4. The van der Waals surface area contributed by atoms with E-state index in [1.807, 2.05) is 68.6 Å². The molecule has 1 N–H and O–H groups in total. The number of fused-ring (bicyclic) bond motifs is 1. The number of hydrogen-bond acceptors (Lipinski definition) is 7. The second-order valence-electron chi connectivity index (χ2n) is 13.7. The predicted octanol–water partition coefficient (Wildman–Crippen LogP) is 8.67. The molecule has 1 saturated heterocycles. The Balaban J connectivity index is 1.17. The average Bonchev–Trinajstić information content (AvgIpc) is 3.66. The zero-order chi connectivity index (χ0) is 36.3. The van der Waals surface area contributed by atoms with Crippen LogP contribution in [0.25, 0.3) is 17.2 Å². The zero-order valence-electron chi connectivity index (χ0n) is 30.7. The topological polar surface area (TPSA) is 96.0 Å². The van der Waals surface area contributed by atoms with Crippen molar-refractivity contribution in [2.75, 3.05) is 49.7 Å². The number of aromatic nitrogens is 1. The van der Waals surface area contributed by atoms with Gasteiger partial charge in [0.1, 0.15) is 18.1 Å². The number of carbonyl (C=O) groups is 1. The van der Waals surface area contributed by atoms with Crippen LogP contribution in [0.2, 0.25) is 0 Å². The highest BCUT2D eigenvalue weighted by atomic mass is 32.2. The van der Waals surface area contributed by atoms with Crippen molar-refractivity contribution < 1.29 is 23.6 Å². The number of aryl methyl sites for hydroxylation is 2. The Bertz CT molecular complexity index is 1800. The minimum atomic E-state index is -1.22. The molecule has 0 spiro atoms. The number of anilines is 2. The molecule has 1 fully saturated rings.